The van der Waals surface area contributed by atoms with E-state index in [1.165, 1.54) is 0 Å². The largest absolute Gasteiger partial charge is 0.385 e. The zero-order valence-electron chi connectivity index (χ0n) is 11.2. The minimum atomic E-state index is 0.182. The van der Waals surface area contributed by atoms with Gasteiger partial charge in [-0.3, -0.25) is 0 Å². The van der Waals surface area contributed by atoms with Crippen molar-refractivity contribution in [2.45, 2.75) is 26.3 Å². The number of nitrogens with one attached hydrogen (secondary N) is 1. The normalized spacial score (nSPS) is 12.9. The fourth-order valence-corrected chi connectivity index (χ4v) is 1.64. The maximum Gasteiger partial charge on any atom is 0.108 e. The highest BCUT2D eigenvalue weighted by Crippen LogP contribution is 2.25. The summed E-state index contributed by atoms with van der Waals surface area (Å²) in [6.07, 6.45) is 4.29. The van der Waals surface area contributed by atoms with E-state index in [4.69, 9.17) is 11.0 Å². The van der Waals surface area contributed by atoms with Gasteiger partial charge in [0.25, 0.3) is 0 Å². The van der Waals surface area contributed by atoms with E-state index in [1.54, 1.807) is 6.20 Å². The van der Waals surface area contributed by atoms with Crippen molar-refractivity contribution in [2.75, 3.05) is 12.8 Å². The molecule has 0 radical (unpaired) electrons. The van der Waals surface area contributed by atoms with Gasteiger partial charge in [-0.2, -0.15) is 5.26 Å². The van der Waals surface area contributed by atoms with Gasteiger partial charge in [-0.05, 0) is 31.1 Å². The summed E-state index contributed by atoms with van der Waals surface area (Å²) < 4.78 is 0. The van der Waals surface area contributed by atoms with Crippen molar-refractivity contribution < 1.29 is 0 Å². The molecule has 0 bridgehead atoms. The van der Waals surface area contributed by atoms with Crippen LogP contribution in [0.2, 0.25) is 0 Å². The van der Waals surface area contributed by atoms with Crippen molar-refractivity contribution in [2.24, 2.45) is 0 Å². The molecule has 4 nitrogen and oxygen atoms in total. The van der Waals surface area contributed by atoms with Gasteiger partial charge in [-0.25, -0.2) is 0 Å². The van der Waals surface area contributed by atoms with Crippen molar-refractivity contribution in [3.05, 3.63) is 36.2 Å². The Hall–Kier alpha value is -2.15. The van der Waals surface area contributed by atoms with Crippen molar-refractivity contribution in [1.82, 2.24) is 9.88 Å². The lowest BCUT2D eigenvalue weighted by atomic mass is 10.0. The fraction of sp³-hybridized carbons (Fsp3) is 0.357. The number of aromatic nitrogens is 1. The molecule has 0 fully saturated rings. The van der Waals surface area contributed by atoms with E-state index >= 15 is 0 Å². The summed E-state index contributed by atoms with van der Waals surface area (Å²) in [5.41, 5.74) is 8.67. The summed E-state index contributed by atoms with van der Waals surface area (Å²) in [5, 5.41) is 8.68. The Labute approximate surface area is 108 Å². The van der Waals surface area contributed by atoms with E-state index < -0.39 is 0 Å². The summed E-state index contributed by atoms with van der Waals surface area (Å²) in [4.78, 5) is 4.95. The van der Waals surface area contributed by atoms with Crippen molar-refractivity contribution in [1.29, 1.82) is 5.26 Å². The van der Waals surface area contributed by atoms with Crippen LogP contribution in [0.5, 0.6) is 0 Å². The number of rotatable bonds is 5. The molecule has 1 atom stereocenters. The predicted octanol–water partition coefficient (Wildman–Crippen LogP) is 2.75. The number of hydrogen-bond donors (Lipinski definition) is 2. The van der Waals surface area contributed by atoms with Gasteiger partial charge < -0.3 is 15.6 Å². The molecule has 1 aromatic rings. The molecular weight excluding hydrogens is 224 g/mol. The summed E-state index contributed by atoms with van der Waals surface area (Å²) >= 11 is 0. The van der Waals surface area contributed by atoms with E-state index in [0.29, 0.717) is 12.2 Å². The first-order valence-electron chi connectivity index (χ1n) is 5.87. The molecule has 1 unspecified atom stereocenters. The summed E-state index contributed by atoms with van der Waals surface area (Å²) in [7, 11) is 1.96. The quantitative estimate of drug-likeness (QED) is 0.782. The van der Waals surface area contributed by atoms with Gasteiger partial charge in [0.1, 0.15) is 5.82 Å². The Bertz CT molecular complexity index is 490. The van der Waals surface area contributed by atoms with Gasteiger partial charge >= 0.3 is 0 Å². The average Bonchev–Trinajstić information content (AvgIpc) is 2.74. The molecule has 0 aliphatic carbocycles. The van der Waals surface area contributed by atoms with Gasteiger partial charge in [0.05, 0.1) is 12.5 Å². The molecule has 0 spiro atoms. The Morgan fingerprint density at radius 1 is 1.72 bits per heavy atom. The third kappa shape index (κ3) is 3.17. The third-order valence-corrected chi connectivity index (χ3v) is 3.06. The van der Waals surface area contributed by atoms with Crippen LogP contribution in [0.25, 0.3) is 5.57 Å². The topological polar surface area (TPSA) is 68.8 Å². The SMILES string of the molecule is C=C(C(C)=CN(C)C(C)CC#N)c1cc[nH]c1N. The number of anilines is 1. The first-order valence-corrected chi connectivity index (χ1v) is 5.87. The van der Waals surface area contributed by atoms with Crippen molar-refractivity contribution in [3.8, 4) is 6.07 Å². The number of H-pyrrole nitrogens is 1. The molecule has 0 saturated carbocycles. The number of aromatic amines is 1. The minimum absolute atomic E-state index is 0.182. The number of hydrogen-bond acceptors (Lipinski definition) is 3. The van der Waals surface area contributed by atoms with Crippen LogP contribution in [0.15, 0.2) is 30.6 Å². The highest BCUT2D eigenvalue weighted by molar-refractivity contribution is 5.81. The molecule has 0 saturated heterocycles. The fourth-order valence-electron chi connectivity index (χ4n) is 1.64. The second-order valence-electron chi connectivity index (χ2n) is 4.47. The first-order chi connectivity index (χ1) is 8.47. The standard InChI is InChI=1S/C14H20N4/c1-10(9-18(4)11(2)5-7-15)12(3)13-6-8-17-14(13)16/h6,8-9,11,17H,3,5,16H2,1-2,4H3. The van der Waals surface area contributed by atoms with Crippen molar-refractivity contribution >= 4 is 11.4 Å². The number of nitriles is 1. The van der Waals surface area contributed by atoms with E-state index in [0.717, 1.165) is 16.7 Å². The molecule has 0 amide bonds. The molecule has 0 aromatic carbocycles. The van der Waals surface area contributed by atoms with Crippen LogP contribution in [0.3, 0.4) is 0 Å². The number of nitrogen functional groups attached to an aromatic ring is 1. The molecular formula is C14H20N4. The average molecular weight is 244 g/mol. The molecule has 1 heterocycles. The smallest absolute Gasteiger partial charge is 0.108 e. The van der Waals surface area contributed by atoms with Crippen LogP contribution >= 0.6 is 0 Å². The van der Waals surface area contributed by atoms with Gasteiger partial charge in [0.15, 0.2) is 0 Å². The summed E-state index contributed by atoms with van der Waals surface area (Å²) in [5.74, 6) is 0.625. The van der Waals surface area contributed by atoms with Crippen LogP contribution in [0.1, 0.15) is 25.8 Å². The molecule has 0 aliphatic heterocycles. The Balaban J connectivity index is 2.81. The molecule has 96 valence electrons. The van der Waals surface area contributed by atoms with Gasteiger partial charge in [-0.1, -0.05) is 6.58 Å². The monoisotopic (exact) mass is 244 g/mol. The molecule has 1 rings (SSSR count). The Morgan fingerprint density at radius 2 is 2.39 bits per heavy atom. The van der Waals surface area contributed by atoms with E-state index in [2.05, 4.69) is 17.6 Å². The number of allylic oxidation sites excluding steroid dienone is 2. The molecule has 3 N–H and O–H groups in total. The van der Waals surface area contributed by atoms with Gasteiger partial charge in [-0.15, -0.1) is 0 Å². The van der Waals surface area contributed by atoms with Crippen molar-refractivity contribution in [3.63, 3.8) is 0 Å². The number of nitrogens with two attached hydrogens (primary N) is 1. The lowest BCUT2D eigenvalue weighted by Gasteiger charge is -2.22. The van der Waals surface area contributed by atoms with Crippen LogP contribution in [0.4, 0.5) is 5.82 Å². The van der Waals surface area contributed by atoms with E-state index in [-0.39, 0.29) is 6.04 Å². The molecule has 4 heteroatoms. The number of nitrogens with zero attached hydrogens (tertiary/aromatic N) is 2. The zero-order valence-corrected chi connectivity index (χ0v) is 11.2. The van der Waals surface area contributed by atoms with E-state index in [1.807, 2.05) is 38.1 Å². The van der Waals surface area contributed by atoms with E-state index in [9.17, 15) is 0 Å². The highest BCUT2D eigenvalue weighted by Gasteiger charge is 2.09. The molecule has 1 aromatic heterocycles. The minimum Gasteiger partial charge on any atom is -0.385 e. The van der Waals surface area contributed by atoms with Crippen LogP contribution in [-0.4, -0.2) is 23.0 Å². The Morgan fingerprint density at radius 3 is 2.89 bits per heavy atom. The molecule has 18 heavy (non-hydrogen) atoms. The third-order valence-electron chi connectivity index (χ3n) is 3.06. The van der Waals surface area contributed by atoms with Crippen LogP contribution in [0, 0.1) is 11.3 Å². The Kier molecular flexibility index (Phi) is 4.61. The maximum atomic E-state index is 8.68. The summed E-state index contributed by atoms with van der Waals surface area (Å²) in [6.45, 7) is 8.06. The van der Waals surface area contributed by atoms with Crippen LogP contribution in [-0.2, 0) is 0 Å². The lowest BCUT2D eigenvalue weighted by Crippen LogP contribution is -2.23. The maximum absolute atomic E-state index is 8.68. The second-order valence-corrected chi connectivity index (χ2v) is 4.47. The van der Waals surface area contributed by atoms with Gasteiger partial charge in [0.2, 0.25) is 0 Å². The molecule has 0 aliphatic rings. The van der Waals surface area contributed by atoms with Gasteiger partial charge in [0, 0.05) is 31.0 Å². The second kappa shape index (κ2) is 5.97. The van der Waals surface area contributed by atoms with Crippen LogP contribution < -0.4 is 5.73 Å². The highest BCUT2D eigenvalue weighted by atomic mass is 15.1. The summed E-state index contributed by atoms with van der Waals surface area (Å²) in [6, 6.07) is 4.26. The predicted molar refractivity (Wildman–Crippen MR) is 75.5 cm³/mol. The lowest BCUT2D eigenvalue weighted by molar-refractivity contribution is 0.355. The first kappa shape index (κ1) is 13.9. The zero-order chi connectivity index (χ0) is 13.7.